The summed E-state index contributed by atoms with van der Waals surface area (Å²) < 4.78 is 5.33. The summed E-state index contributed by atoms with van der Waals surface area (Å²) in [4.78, 5) is 11.8. The molecule has 1 aliphatic heterocycles. The van der Waals surface area contributed by atoms with Gasteiger partial charge in [-0.15, -0.1) is 0 Å². The van der Waals surface area contributed by atoms with Crippen LogP contribution in [-0.4, -0.2) is 42.5 Å². The average Bonchev–Trinajstić information content (AvgIpc) is 2.77. The molecule has 5 heteroatoms. The molecule has 2 rings (SSSR count). The van der Waals surface area contributed by atoms with Crippen LogP contribution in [-0.2, 0) is 4.79 Å². The number of aliphatic carboxylic acids is 1. The van der Waals surface area contributed by atoms with Crippen molar-refractivity contribution < 1.29 is 14.6 Å². The van der Waals surface area contributed by atoms with Crippen LogP contribution in [0.15, 0.2) is 41.5 Å². The van der Waals surface area contributed by atoms with Gasteiger partial charge in [0.05, 0.1) is 19.4 Å². The van der Waals surface area contributed by atoms with Crippen molar-refractivity contribution in [3.8, 4) is 5.75 Å². The molecule has 5 nitrogen and oxygen atoms in total. The van der Waals surface area contributed by atoms with Crippen molar-refractivity contribution in [3.05, 3.63) is 42.0 Å². The van der Waals surface area contributed by atoms with Gasteiger partial charge in [0.25, 0.3) is 0 Å². The highest BCUT2D eigenvalue weighted by molar-refractivity contribution is 6.18. The lowest BCUT2D eigenvalue weighted by molar-refractivity contribution is -0.142. The van der Waals surface area contributed by atoms with Crippen molar-refractivity contribution in [2.45, 2.75) is 6.92 Å². The van der Waals surface area contributed by atoms with Crippen LogP contribution in [0.3, 0.4) is 0 Å². The monoisotopic (exact) mass is 274 g/mol. The van der Waals surface area contributed by atoms with E-state index in [-0.39, 0.29) is 0 Å². The third-order valence-corrected chi connectivity index (χ3v) is 3.37. The second kappa shape index (κ2) is 5.36. The molecule has 1 aromatic carbocycles. The molecular weight excluding hydrogens is 256 g/mol. The van der Waals surface area contributed by atoms with Gasteiger partial charge in [-0.3, -0.25) is 9.80 Å². The number of carbonyl (C=O) groups is 1. The second-order valence-electron chi connectivity index (χ2n) is 4.74. The van der Waals surface area contributed by atoms with Gasteiger partial charge in [0.15, 0.2) is 0 Å². The van der Waals surface area contributed by atoms with E-state index in [4.69, 9.17) is 4.74 Å². The molecule has 0 spiro atoms. The number of benzene rings is 1. The summed E-state index contributed by atoms with van der Waals surface area (Å²) in [7, 11) is 3.33. The molecule has 0 saturated heterocycles. The molecule has 0 bridgehead atoms. The maximum Gasteiger partial charge on any atom is 0.321 e. The molecule has 1 heterocycles. The number of methoxy groups -OCH3 is 1. The number of para-hydroxylation sites is 1. The van der Waals surface area contributed by atoms with E-state index in [9.17, 15) is 9.90 Å². The van der Waals surface area contributed by atoms with E-state index in [1.807, 2.05) is 25.1 Å². The van der Waals surface area contributed by atoms with Crippen LogP contribution in [0.2, 0.25) is 0 Å². The number of carboxylic acids is 1. The Labute approximate surface area is 118 Å². The fraction of sp³-hybridized carbons (Fsp3) is 0.333. The van der Waals surface area contributed by atoms with Gasteiger partial charge in [0.2, 0.25) is 0 Å². The Bertz CT molecular complexity index is 580. The third kappa shape index (κ3) is 2.15. The molecule has 1 N–H and O–H groups in total. The van der Waals surface area contributed by atoms with Crippen LogP contribution < -0.4 is 4.74 Å². The molecule has 0 aromatic heterocycles. The first-order valence-corrected chi connectivity index (χ1v) is 6.36. The first kappa shape index (κ1) is 14.1. The van der Waals surface area contributed by atoms with Gasteiger partial charge in [-0.1, -0.05) is 24.3 Å². The number of nitrogens with zero attached hydrogens (tertiary/aromatic N) is 2. The van der Waals surface area contributed by atoms with E-state index in [0.717, 1.165) is 0 Å². The van der Waals surface area contributed by atoms with Gasteiger partial charge in [-0.2, -0.15) is 5.10 Å². The first-order valence-electron chi connectivity index (χ1n) is 6.36. The van der Waals surface area contributed by atoms with E-state index < -0.39 is 11.4 Å². The van der Waals surface area contributed by atoms with Crippen LogP contribution in [0, 0.1) is 5.41 Å². The van der Waals surface area contributed by atoms with Crippen LogP contribution in [0.5, 0.6) is 5.75 Å². The predicted molar refractivity (Wildman–Crippen MR) is 77.0 cm³/mol. The highest BCUT2D eigenvalue weighted by atomic mass is 16.5. The minimum absolute atomic E-state index is 0.306. The lowest BCUT2D eigenvalue weighted by atomic mass is 9.79. The molecule has 20 heavy (non-hydrogen) atoms. The van der Waals surface area contributed by atoms with Crippen molar-refractivity contribution >= 4 is 11.7 Å². The fourth-order valence-electron chi connectivity index (χ4n) is 2.52. The molecule has 0 amide bonds. The zero-order valence-corrected chi connectivity index (χ0v) is 11.8. The van der Waals surface area contributed by atoms with Crippen LogP contribution in [0.1, 0.15) is 12.5 Å². The summed E-state index contributed by atoms with van der Waals surface area (Å²) in [5, 5.41) is 15.8. The van der Waals surface area contributed by atoms with E-state index in [1.165, 1.54) is 0 Å². The predicted octanol–water partition coefficient (Wildman–Crippen LogP) is 1.99. The standard InChI is InChI=1S/C15H18N2O3/c1-4-9-15(14(18)19)10-17(2)16-13(15)11-7-5-6-8-12(11)20-3/h4-9H,10H2,1-3H3,(H,18,19). The number of hydrazone groups is 1. The lowest BCUT2D eigenvalue weighted by Gasteiger charge is -2.23. The van der Waals surface area contributed by atoms with Crippen LogP contribution >= 0.6 is 0 Å². The van der Waals surface area contributed by atoms with Gasteiger partial charge in [-0.05, 0) is 19.1 Å². The highest BCUT2D eigenvalue weighted by Crippen LogP contribution is 2.35. The van der Waals surface area contributed by atoms with Gasteiger partial charge >= 0.3 is 5.97 Å². The number of carboxylic acid groups (broad SMARTS) is 1. The van der Waals surface area contributed by atoms with E-state index >= 15 is 0 Å². The number of allylic oxidation sites excluding steroid dienone is 1. The summed E-state index contributed by atoms with van der Waals surface area (Å²) in [6.07, 6.45) is 3.43. The summed E-state index contributed by atoms with van der Waals surface area (Å²) in [6.45, 7) is 2.11. The SMILES string of the molecule is CC=CC1(C(=O)O)CN(C)N=C1c1ccccc1OC. The summed E-state index contributed by atoms with van der Waals surface area (Å²) in [5.74, 6) is -0.290. The Morgan fingerprint density at radius 1 is 1.50 bits per heavy atom. The van der Waals surface area contributed by atoms with Crippen molar-refractivity contribution in [3.63, 3.8) is 0 Å². The second-order valence-corrected chi connectivity index (χ2v) is 4.74. The normalized spacial score (nSPS) is 22.1. The molecule has 1 aliphatic rings. The maximum absolute atomic E-state index is 11.8. The number of rotatable bonds is 4. The molecule has 1 unspecified atom stereocenters. The Morgan fingerprint density at radius 2 is 2.20 bits per heavy atom. The maximum atomic E-state index is 11.8. The highest BCUT2D eigenvalue weighted by Gasteiger charge is 2.47. The molecule has 0 fully saturated rings. The summed E-state index contributed by atoms with van der Waals surface area (Å²) >= 11 is 0. The molecule has 1 atom stereocenters. The molecule has 1 aromatic rings. The third-order valence-electron chi connectivity index (χ3n) is 3.37. The van der Waals surface area contributed by atoms with Gasteiger partial charge in [0, 0.05) is 12.6 Å². The quantitative estimate of drug-likeness (QED) is 0.853. The minimum atomic E-state index is -1.14. The largest absolute Gasteiger partial charge is 0.496 e. The molecule has 0 radical (unpaired) electrons. The number of hydrogen-bond donors (Lipinski definition) is 1. The van der Waals surface area contributed by atoms with E-state index in [0.29, 0.717) is 23.6 Å². The number of ether oxygens (including phenoxy) is 1. The van der Waals surface area contributed by atoms with Crippen molar-refractivity contribution in [1.82, 2.24) is 5.01 Å². The van der Waals surface area contributed by atoms with Gasteiger partial charge in [0.1, 0.15) is 11.2 Å². The summed E-state index contributed by atoms with van der Waals surface area (Å²) in [6, 6.07) is 7.33. The zero-order valence-electron chi connectivity index (χ0n) is 11.8. The molecular formula is C15H18N2O3. The molecule has 0 aliphatic carbocycles. The average molecular weight is 274 g/mol. The number of hydrogen-bond acceptors (Lipinski definition) is 4. The fourth-order valence-corrected chi connectivity index (χ4v) is 2.52. The Hall–Kier alpha value is -2.30. The Balaban J connectivity index is 2.62. The van der Waals surface area contributed by atoms with Crippen molar-refractivity contribution in [2.24, 2.45) is 10.5 Å². The Morgan fingerprint density at radius 3 is 2.80 bits per heavy atom. The Kier molecular flexibility index (Phi) is 3.79. The summed E-state index contributed by atoms with van der Waals surface area (Å²) in [5.41, 5.74) is 0.0703. The van der Waals surface area contributed by atoms with Crippen molar-refractivity contribution in [1.29, 1.82) is 0 Å². The minimum Gasteiger partial charge on any atom is -0.496 e. The topological polar surface area (TPSA) is 62.1 Å². The van der Waals surface area contributed by atoms with Crippen LogP contribution in [0.4, 0.5) is 0 Å². The van der Waals surface area contributed by atoms with Gasteiger partial charge < -0.3 is 9.84 Å². The van der Waals surface area contributed by atoms with Gasteiger partial charge in [-0.25, -0.2) is 0 Å². The lowest BCUT2D eigenvalue weighted by Crippen LogP contribution is -2.40. The van der Waals surface area contributed by atoms with Crippen molar-refractivity contribution in [2.75, 3.05) is 20.7 Å². The van der Waals surface area contributed by atoms with Crippen LogP contribution in [0.25, 0.3) is 0 Å². The smallest absolute Gasteiger partial charge is 0.321 e. The van der Waals surface area contributed by atoms with E-state index in [1.54, 1.807) is 37.4 Å². The molecule has 106 valence electrons. The molecule has 0 saturated carbocycles. The van der Waals surface area contributed by atoms with E-state index in [2.05, 4.69) is 5.10 Å². The zero-order chi connectivity index (χ0) is 14.8. The first-order chi connectivity index (χ1) is 9.55.